The summed E-state index contributed by atoms with van der Waals surface area (Å²) in [6.45, 7) is -0.402. The Hall–Kier alpha value is -4.05. The summed E-state index contributed by atoms with van der Waals surface area (Å²) in [5.74, 6) is -3.39. The standard InChI is InChI=1S/C26H19FN4O7S3/c27-13-3-7-15(8-4-13)31-23(33)20-19(17-2-1-11-38-17)22-25(39-21(20)24(31)34)30(26(35)40-22)12-18(32)29-14-5-9-16(10-6-14)41(28,36)37/h1-11,19-21H,12H2,(H,29,32)(H2,28,36,37)/t19-,20?,21?/m1/s1. The van der Waals surface area contributed by atoms with Crippen molar-refractivity contribution in [3.05, 3.63) is 93.0 Å². The number of anilines is 2. The van der Waals surface area contributed by atoms with Gasteiger partial charge < -0.3 is 9.73 Å². The average Bonchev–Trinajstić information content (AvgIpc) is 3.62. The van der Waals surface area contributed by atoms with Crippen molar-refractivity contribution in [3.63, 3.8) is 0 Å². The van der Waals surface area contributed by atoms with Crippen LogP contribution in [0.5, 0.6) is 0 Å². The van der Waals surface area contributed by atoms with E-state index in [9.17, 15) is 32.0 Å². The number of nitrogens with zero attached hydrogens (tertiary/aromatic N) is 2. The van der Waals surface area contributed by atoms with Crippen LogP contribution >= 0.6 is 23.1 Å². The van der Waals surface area contributed by atoms with E-state index in [1.807, 2.05) is 0 Å². The van der Waals surface area contributed by atoms with Gasteiger partial charge in [-0.05, 0) is 60.7 Å². The molecule has 41 heavy (non-hydrogen) atoms. The number of thiazole rings is 1. The first-order chi connectivity index (χ1) is 19.5. The molecule has 0 aliphatic carbocycles. The molecule has 4 aromatic rings. The largest absolute Gasteiger partial charge is 0.469 e. The second kappa shape index (κ2) is 10.1. The zero-order chi connectivity index (χ0) is 29.1. The second-order valence-electron chi connectivity index (χ2n) is 9.29. The minimum Gasteiger partial charge on any atom is -0.469 e. The van der Waals surface area contributed by atoms with Crippen molar-refractivity contribution < 1.29 is 31.6 Å². The zero-order valence-electron chi connectivity index (χ0n) is 20.7. The van der Waals surface area contributed by atoms with Gasteiger partial charge in [0.2, 0.25) is 27.7 Å². The molecule has 2 unspecified atom stereocenters. The third kappa shape index (κ3) is 4.80. The topological polar surface area (TPSA) is 162 Å². The number of aromatic nitrogens is 1. The molecule has 3 N–H and O–H groups in total. The van der Waals surface area contributed by atoms with E-state index >= 15 is 0 Å². The lowest BCUT2D eigenvalue weighted by molar-refractivity contribution is -0.122. The Balaban J connectivity index is 1.33. The van der Waals surface area contributed by atoms with Gasteiger partial charge in [0.25, 0.3) is 0 Å². The molecule has 15 heteroatoms. The Kier molecular flexibility index (Phi) is 6.68. The number of nitrogens with one attached hydrogen (secondary N) is 1. The van der Waals surface area contributed by atoms with E-state index in [1.54, 1.807) is 12.1 Å². The molecule has 2 aromatic carbocycles. The average molecular weight is 615 g/mol. The number of furan rings is 1. The van der Waals surface area contributed by atoms with Gasteiger partial charge in [0.05, 0.1) is 38.6 Å². The molecule has 0 bridgehead atoms. The molecule has 0 saturated carbocycles. The molecule has 3 atom stereocenters. The molecule has 1 saturated heterocycles. The summed E-state index contributed by atoms with van der Waals surface area (Å²) < 4.78 is 43.4. The fourth-order valence-electron chi connectivity index (χ4n) is 4.95. The highest BCUT2D eigenvalue weighted by molar-refractivity contribution is 8.00. The number of primary sulfonamides is 1. The number of amides is 3. The molecule has 2 aromatic heterocycles. The predicted molar refractivity (Wildman–Crippen MR) is 148 cm³/mol. The number of imide groups is 1. The Bertz CT molecular complexity index is 1850. The lowest BCUT2D eigenvalue weighted by Crippen LogP contribution is -2.32. The predicted octanol–water partition coefficient (Wildman–Crippen LogP) is 2.72. The number of fused-ring (bicyclic) bond motifs is 2. The number of halogens is 1. The number of sulfonamides is 1. The lowest BCUT2D eigenvalue weighted by atomic mass is 9.87. The minimum absolute atomic E-state index is 0.126. The summed E-state index contributed by atoms with van der Waals surface area (Å²) in [6, 6.07) is 13.5. The van der Waals surface area contributed by atoms with Gasteiger partial charge in [-0.25, -0.2) is 22.8 Å². The second-order valence-corrected chi connectivity index (χ2v) is 13.0. The summed E-state index contributed by atoms with van der Waals surface area (Å²) in [5, 5.41) is 7.15. The van der Waals surface area contributed by atoms with Crippen LogP contribution in [0.1, 0.15) is 16.6 Å². The normalized spacial score (nSPS) is 20.1. The molecular weight excluding hydrogens is 596 g/mol. The molecule has 0 radical (unpaired) electrons. The van der Waals surface area contributed by atoms with Crippen LogP contribution in [-0.4, -0.2) is 36.0 Å². The van der Waals surface area contributed by atoms with Gasteiger partial charge in [0.15, 0.2) is 0 Å². The van der Waals surface area contributed by atoms with Crippen molar-refractivity contribution in [2.24, 2.45) is 11.1 Å². The fourth-order valence-corrected chi connectivity index (χ4v) is 8.22. The van der Waals surface area contributed by atoms with E-state index in [0.717, 1.165) is 40.1 Å². The zero-order valence-corrected chi connectivity index (χ0v) is 23.2. The van der Waals surface area contributed by atoms with Gasteiger partial charge in [-0.1, -0.05) is 23.1 Å². The van der Waals surface area contributed by atoms with Gasteiger partial charge in [-0.15, -0.1) is 0 Å². The monoisotopic (exact) mass is 614 g/mol. The van der Waals surface area contributed by atoms with E-state index < -0.39 is 62.1 Å². The van der Waals surface area contributed by atoms with Crippen molar-refractivity contribution in [1.29, 1.82) is 0 Å². The number of benzene rings is 2. The number of hydrogen-bond acceptors (Lipinski definition) is 9. The number of rotatable bonds is 6. The molecule has 2 aliphatic rings. The first-order valence-corrected chi connectivity index (χ1v) is 15.3. The molecule has 3 amide bonds. The third-order valence-corrected chi connectivity index (χ3v) is 10.3. The van der Waals surface area contributed by atoms with Crippen molar-refractivity contribution in [2.75, 3.05) is 10.2 Å². The van der Waals surface area contributed by atoms with Gasteiger partial charge in [-0.3, -0.25) is 23.7 Å². The number of nitrogens with two attached hydrogens (primary N) is 1. The van der Waals surface area contributed by atoms with Crippen LogP contribution in [0, 0.1) is 11.7 Å². The fraction of sp³-hybridized carbons (Fsp3) is 0.154. The first-order valence-electron chi connectivity index (χ1n) is 12.0. The molecule has 2 aliphatic heterocycles. The molecule has 4 heterocycles. The van der Waals surface area contributed by atoms with Crippen LogP contribution < -0.4 is 20.2 Å². The summed E-state index contributed by atoms with van der Waals surface area (Å²) in [7, 11) is -3.91. The Morgan fingerprint density at radius 2 is 1.73 bits per heavy atom. The maximum Gasteiger partial charge on any atom is 0.308 e. The summed E-state index contributed by atoms with van der Waals surface area (Å²) in [5.41, 5.74) is 0.510. The Morgan fingerprint density at radius 3 is 2.37 bits per heavy atom. The van der Waals surface area contributed by atoms with E-state index in [4.69, 9.17) is 9.56 Å². The summed E-state index contributed by atoms with van der Waals surface area (Å²) >= 11 is 1.89. The number of carbonyl (C=O) groups is 3. The highest BCUT2D eigenvalue weighted by atomic mass is 32.2. The number of thioether (sulfide) groups is 1. The van der Waals surface area contributed by atoms with Gasteiger partial charge in [0, 0.05) is 5.69 Å². The molecule has 6 rings (SSSR count). The molecular formula is C26H19FN4O7S3. The van der Waals surface area contributed by atoms with Crippen LogP contribution in [0.25, 0.3) is 0 Å². The van der Waals surface area contributed by atoms with Crippen molar-refractivity contribution in [2.45, 2.75) is 27.6 Å². The van der Waals surface area contributed by atoms with Crippen LogP contribution in [0.3, 0.4) is 0 Å². The maximum atomic E-state index is 13.7. The van der Waals surface area contributed by atoms with E-state index in [0.29, 0.717) is 15.7 Å². The quantitative estimate of drug-likeness (QED) is 0.314. The Labute approximate surface area is 239 Å². The highest BCUT2D eigenvalue weighted by Gasteiger charge is 2.57. The van der Waals surface area contributed by atoms with Crippen molar-refractivity contribution in [1.82, 2.24) is 4.57 Å². The third-order valence-electron chi connectivity index (χ3n) is 6.75. The van der Waals surface area contributed by atoms with Crippen LogP contribution in [-0.2, 0) is 31.0 Å². The van der Waals surface area contributed by atoms with Gasteiger partial charge >= 0.3 is 4.87 Å². The van der Waals surface area contributed by atoms with Gasteiger partial charge in [0.1, 0.15) is 23.4 Å². The van der Waals surface area contributed by atoms with E-state index in [-0.39, 0.29) is 16.3 Å². The van der Waals surface area contributed by atoms with E-state index in [1.165, 1.54) is 47.2 Å². The van der Waals surface area contributed by atoms with Crippen LogP contribution in [0.15, 0.2) is 86.1 Å². The smallest absolute Gasteiger partial charge is 0.308 e. The maximum absolute atomic E-state index is 13.7. The first kappa shape index (κ1) is 27.1. The summed E-state index contributed by atoms with van der Waals surface area (Å²) in [6.07, 6.45) is 1.43. The molecule has 210 valence electrons. The van der Waals surface area contributed by atoms with Gasteiger partial charge in [-0.2, -0.15) is 0 Å². The molecule has 1 fully saturated rings. The highest BCUT2D eigenvalue weighted by Crippen LogP contribution is 2.53. The summed E-state index contributed by atoms with van der Waals surface area (Å²) in [4.78, 5) is 54.2. The number of hydrogen-bond donors (Lipinski definition) is 2. The van der Waals surface area contributed by atoms with Crippen LogP contribution in [0.4, 0.5) is 15.8 Å². The minimum atomic E-state index is -3.91. The number of carbonyl (C=O) groups excluding carboxylic acids is 3. The SMILES string of the molecule is NS(=O)(=O)c1ccc(NC(=O)Cn2c3c(sc2=O)[C@H](c2ccco2)C2C(=O)N(c4ccc(F)cc4)C(=O)C2S3)cc1. The van der Waals surface area contributed by atoms with Crippen molar-refractivity contribution >= 4 is 62.2 Å². The van der Waals surface area contributed by atoms with E-state index in [2.05, 4.69) is 5.32 Å². The van der Waals surface area contributed by atoms with Crippen LogP contribution in [0.2, 0.25) is 0 Å². The molecule has 0 spiro atoms. The Morgan fingerprint density at radius 1 is 1.02 bits per heavy atom. The van der Waals surface area contributed by atoms with Crippen molar-refractivity contribution in [3.8, 4) is 0 Å². The molecule has 11 nitrogen and oxygen atoms in total. The lowest BCUT2D eigenvalue weighted by Gasteiger charge is -2.29.